The summed E-state index contributed by atoms with van der Waals surface area (Å²) in [6, 6.07) is 8.17. The van der Waals surface area contributed by atoms with Gasteiger partial charge in [0.15, 0.2) is 11.5 Å². The summed E-state index contributed by atoms with van der Waals surface area (Å²) in [6.07, 6.45) is 4.02. The number of phenolic OH excluding ortho intramolecular Hbond substituents is 2. The molecule has 0 unspecified atom stereocenters. The van der Waals surface area contributed by atoms with Gasteiger partial charge in [0.25, 0.3) is 0 Å². The lowest BCUT2D eigenvalue weighted by Crippen LogP contribution is -2.43. The van der Waals surface area contributed by atoms with E-state index < -0.39 is 0 Å². The first-order chi connectivity index (χ1) is 15.9. The van der Waals surface area contributed by atoms with E-state index in [-0.39, 0.29) is 22.8 Å². The molecule has 0 atom stereocenters. The van der Waals surface area contributed by atoms with Gasteiger partial charge in [0.1, 0.15) is 17.9 Å². The first-order valence-electron chi connectivity index (χ1n) is 11.0. The van der Waals surface area contributed by atoms with Crippen molar-refractivity contribution >= 4 is 34.0 Å². The fraction of sp³-hybridized carbons (Fsp3) is 0.375. The number of aromatic nitrogens is 2. The van der Waals surface area contributed by atoms with Crippen molar-refractivity contribution in [1.82, 2.24) is 14.9 Å². The van der Waals surface area contributed by atoms with Crippen molar-refractivity contribution in [2.45, 2.75) is 19.3 Å². The standard InChI is InChI=1S/C24H27N5O4/c1-28-8-5-24(6-9-28)7-10-29(23(24)32)18-12-16-17(13-21(18)33-2)25-14-26-22(16)27-15-3-4-19(30)20(31)11-15/h3-4,11-14,30-31H,5-10H2,1-2H3,(H,25,26,27). The Morgan fingerprint density at radius 3 is 2.52 bits per heavy atom. The summed E-state index contributed by atoms with van der Waals surface area (Å²) in [7, 11) is 3.69. The number of benzene rings is 2. The third kappa shape index (κ3) is 3.68. The highest BCUT2D eigenvalue weighted by Gasteiger charge is 2.48. The number of rotatable bonds is 4. The van der Waals surface area contributed by atoms with Gasteiger partial charge in [0.05, 0.1) is 23.7 Å². The Balaban J connectivity index is 1.53. The Bertz CT molecular complexity index is 1220. The fourth-order valence-electron chi connectivity index (χ4n) is 4.85. The van der Waals surface area contributed by atoms with E-state index in [1.165, 1.54) is 18.5 Å². The van der Waals surface area contributed by atoms with Crippen molar-refractivity contribution in [3.8, 4) is 17.2 Å². The molecule has 2 aromatic carbocycles. The van der Waals surface area contributed by atoms with Crippen LogP contribution in [0.4, 0.5) is 17.2 Å². The van der Waals surface area contributed by atoms with Gasteiger partial charge in [-0.1, -0.05) is 0 Å². The van der Waals surface area contributed by atoms with Crippen LogP contribution in [0.3, 0.4) is 0 Å². The second-order valence-corrected chi connectivity index (χ2v) is 8.88. The minimum Gasteiger partial charge on any atom is -0.504 e. The number of fused-ring (bicyclic) bond motifs is 1. The number of anilines is 3. The third-order valence-corrected chi connectivity index (χ3v) is 6.92. The average Bonchev–Trinajstić information content (AvgIpc) is 3.13. The number of carbonyl (C=O) groups excluding carboxylic acids is 1. The van der Waals surface area contributed by atoms with Crippen molar-refractivity contribution in [2.24, 2.45) is 5.41 Å². The topological polar surface area (TPSA) is 111 Å². The number of amides is 1. The molecule has 0 aliphatic carbocycles. The second-order valence-electron chi connectivity index (χ2n) is 8.88. The summed E-state index contributed by atoms with van der Waals surface area (Å²) in [5, 5.41) is 23.3. The van der Waals surface area contributed by atoms with Gasteiger partial charge in [0, 0.05) is 29.8 Å². The molecule has 2 fully saturated rings. The molecule has 0 saturated carbocycles. The van der Waals surface area contributed by atoms with Crippen molar-refractivity contribution in [2.75, 3.05) is 44.0 Å². The molecule has 0 bridgehead atoms. The first kappa shape index (κ1) is 21.3. The monoisotopic (exact) mass is 449 g/mol. The number of likely N-dealkylation sites (tertiary alicyclic amines) is 1. The van der Waals surface area contributed by atoms with Gasteiger partial charge >= 0.3 is 0 Å². The Kier molecular flexibility index (Phi) is 5.20. The van der Waals surface area contributed by atoms with Crippen LogP contribution < -0.4 is 15.0 Å². The number of phenols is 2. The molecule has 5 rings (SSSR count). The SMILES string of the molecule is COc1cc2ncnc(Nc3ccc(O)c(O)c3)c2cc1N1CCC2(CCN(C)CC2)C1=O. The van der Waals surface area contributed by atoms with Gasteiger partial charge in [-0.15, -0.1) is 0 Å². The summed E-state index contributed by atoms with van der Waals surface area (Å²) in [5.41, 5.74) is 1.63. The number of methoxy groups -OCH3 is 1. The molecule has 9 nitrogen and oxygen atoms in total. The minimum absolute atomic E-state index is 0.156. The molecular formula is C24H27N5O4. The largest absolute Gasteiger partial charge is 0.504 e. The molecule has 3 N–H and O–H groups in total. The molecule has 2 aliphatic rings. The maximum Gasteiger partial charge on any atom is 0.233 e. The van der Waals surface area contributed by atoms with Crippen LogP contribution in [-0.4, -0.2) is 64.8 Å². The fourth-order valence-corrected chi connectivity index (χ4v) is 4.85. The predicted molar refractivity (Wildman–Crippen MR) is 125 cm³/mol. The van der Waals surface area contributed by atoms with Crippen molar-refractivity contribution in [3.63, 3.8) is 0 Å². The third-order valence-electron chi connectivity index (χ3n) is 6.92. The smallest absolute Gasteiger partial charge is 0.233 e. The summed E-state index contributed by atoms with van der Waals surface area (Å²) >= 11 is 0. The van der Waals surface area contributed by atoms with Gasteiger partial charge in [-0.3, -0.25) is 4.79 Å². The summed E-state index contributed by atoms with van der Waals surface area (Å²) in [6.45, 7) is 2.50. The lowest BCUT2D eigenvalue weighted by molar-refractivity contribution is -0.127. The number of nitrogens with one attached hydrogen (secondary N) is 1. The van der Waals surface area contributed by atoms with Crippen molar-refractivity contribution in [1.29, 1.82) is 0 Å². The molecule has 3 heterocycles. The molecule has 172 valence electrons. The van der Waals surface area contributed by atoms with Gasteiger partial charge in [-0.2, -0.15) is 0 Å². The van der Waals surface area contributed by atoms with E-state index >= 15 is 0 Å². The van der Waals surface area contributed by atoms with Crippen LogP contribution in [-0.2, 0) is 4.79 Å². The van der Waals surface area contributed by atoms with Gasteiger partial charge in [-0.25, -0.2) is 9.97 Å². The predicted octanol–water partition coefficient (Wildman–Crippen LogP) is 3.24. The first-order valence-corrected chi connectivity index (χ1v) is 11.0. The molecule has 1 spiro atoms. The summed E-state index contributed by atoms with van der Waals surface area (Å²) < 4.78 is 5.65. The zero-order chi connectivity index (χ0) is 23.2. The van der Waals surface area contributed by atoms with Gasteiger partial charge in [-0.05, 0) is 57.6 Å². The normalized spacial score (nSPS) is 18.2. The Morgan fingerprint density at radius 2 is 1.79 bits per heavy atom. The number of hydrogen-bond acceptors (Lipinski definition) is 8. The molecule has 33 heavy (non-hydrogen) atoms. The lowest BCUT2D eigenvalue weighted by atomic mass is 9.77. The van der Waals surface area contributed by atoms with E-state index in [1.807, 2.05) is 17.0 Å². The Hall–Kier alpha value is -3.59. The molecule has 2 saturated heterocycles. The van der Waals surface area contributed by atoms with E-state index in [4.69, 9.17) is 4.74 Å². The zero-order valence-corrected chi connectivity index (χ0v) is 18.7. The molecule has 3 aromatic rings. The van der Waals surface area contributed by atoms with Crippen LogP contribution in [0.25, 0.3) is 10.9 Å². The van der Waals surface area contributed by atoms with Crippen molar-refractivity contribution < 1.29 is 19.7 Å². The van der Waals surface area contributed by atoms with Crippen LogP contribution in [0, 0.1) is 5.41 Å². The molecular weight excluding hydrogens is 422 g/mol. The van der Waals surface area contributed by atoms with E-state index in [0.29, 0.717) is 35.0 Å². The molecule has 1 amide bonds. The maximum absolute atomic E-state index is 13.6. The van der Waals surface area contributed by atoms with Crippen LogP contribution in [0.5, 0.6) is 17.2 Å². The zero-order valence-electron chi connectivity index (χ0n) is 18.7. The maximum atomic E-state index is 13.6. The number of hydrogen-bond donors (Lipinski definition) is 3. The summed E-state index contributed by atoms with van der Waals surface area (Å²) in [5.74, 6) is 0.841. The van der Waals surface area contributed by atoms with E-state index in [0.717, 1.165) is 37.7 Å². The van der Waals surface area contributed by atoms with Crippen LogP contribution >= 0.6 is 0 Å². The van der Waals surface area contributed by atoms with Gasteiger partial charge in [0.2, 0.25) is 5.91 Å². The Labute approximate surface area is 191 Å². The highest BCUT2D eigenvalue weighted by molar-refractivity contribution is 6.04. The molecule has 9 heteroatoms. The average molecular weight is 450 g/mol. The van der Waals surface area contributed by atoms with Crippen LogP contribution in [0.2, 0.25) is 0 Å². The van der Waals surface area contributed by atoms with Gasteiger partial charge < -0.3 is 30.1 Å². The van der Waals surface area contributed by atoms with Crippen LogP contribution in [0.1, 0.15) is 19.3 Å². The number of piperidine rings is 1. The highest BCUT2D eigenvalue weighted by Crippen LogP contribution is 2.46. The summed E-state index contributed by atoms with van der Waals surface area (Å²) in [4.78, 5) is 26.4. The van der Waals surface area contributed by atoms with E-state index in [1.54, 1.807) is 13.2 Å². The quantitative estimate of drug-likeness (QED) is 0.411. The lowest BCUT2D eigenvalue weighted by Gasteiger charge is -2.36. The number of nitrogens with zero attached hydrogens (tertiary/aromatic N) is 4. The molecule has 1 aromatic heterocycles. The van der Waals surface area contributed by atoms with E-state index in [9.17, 15) is 15.0 Å². The highest BCUT2D eigenvalue weighted by atomic mass is 16.5. The molecule has 0 radical (unpaired) electrons. The van der Waals surface area contributed by atoms with Crippen LogP contribution in [0.15, 0.2) is 36.7 Å². The number of ether oxygens (including phenoxy) is 1. The minimum atomic E-state index is -0.301. The van der Waals surface area contributed by atoms with E-state index in [2.05, 4.69) is 27.2 Å². The molecule has 2 aliphatic heterocycles. The number of aromatic hydroxyl groups is 2. The Morgan fingerprint density at radius 1 is 1.03 bits per heavy atom. The number of carbonyl (C=O) groups is 1. The van der Waals surface area contributed by atoms with Crippen molar-refractivity contribution in [3.05, 3.63) is 36.7 Å². The second kappa shape index (κ2) is 8.08.